The van der Waals surface area contributed by atoms with Crippen molar-refractivity contribution in [3.05, 3.63) is 65.2 Å². The summed E-state index contributed by atoms with van der Waals surface area (Å²) in [6.07, 6.45) is 0. The van der Waals surface area contributed by atoms with Crippen molar-refractivity contribution in [1.29, 1.82) is 0 Å². The first kappa shape index (κ1) is 15.6. The molecule has 1 amide bonds. The van der Waals surface area contributed by atoms with Gasteiger partial charge in [-0.15, -0.1) is 11.8 Å². The standard InChI is InChI=1S/C17H19NO2S/c1-13-4-2-6-15(8-13)11-21-12-17(20)18-16-7-3-5-14(9-16)10-19/h2-9,19H,10-12H2,1H3,(H,18,20). The maximum Gasteiger partial charge on any atom is 0.234 e. The van der Waals surface area contributed by atoms with Crippen molar-refractivity contribution >= 4 is 23.4 Å². The summed E-state index contributed by atoms with van der Waals surface area (Å²) in [6.45, 7) is 2.04. The quantitative estimate of drug-likeness (QED) is 0.860. The summed E-state index contributed by atoms with van der Waals surface area (Å²) >= 11 is 1.59. The minimum Gasteiger partial charge on any atom is -0.392 e. The summed E-state index contributed by atoms with van der Waals surface area (Å²) < 4.78 is 0. The van der Waals surface area contributed by atoms with Gasteiger partial charge < -0.3 is 10.4 Å². The summed E-state index contributed by atoms with van der Waals surface area (Å²) in [6, 6.07) is 15.5. The van der Waals surface area contributed by atoms with E-state index in [4.69, 9.17) is 5.11 Å². The van der Waals surface area contributed by atoms with Crippen LogP contribution < -0.4 is 5.32 Å². The average molecular weight is 301 g/mol. The van der Waals surface area contributed by atoms with Crippen LogP contribution in [0, 0.1) is 6.92 Å². The maximum absolute atomic E-state index is 11.9. The normalized spacial score (nSPS) is 10.4. The smallest absolute Gasteiger partial charge is 0.234 e. The molecule has 0 radical (unpaired) electrons. The van der Waals surface area contributed by atoms with Crippen molar-refractivity contribution in [1.82, 2.24) is 0 Å². The van der Waals surface area contributed by atoms with Crippen LogP contribution in [0.4, 0.5) is 5.69 Å². The van der Waals surface area contributed by atoms with Crippen LogP contribution in [0.25, 0.3) is 0 Å². The Hall–Kier alpha value is -1.78. The van der Waals surface area contributed by atoms with Gasteiger partial charge in [-0.3, -0.25) is 4.79 Å². The summed E-state index contributed by atoms with van der Waals surface area (Å²) in [4.78, 5) is 11.9. The van der Waals surface area contributed by atoms with E-state index in [1.807, 2.05) is 24.3 Å². The molecule has 0 heterocycles. The SMILES string of the molecule is Cc1cccc(CSCC(=O)Nc2cccc(CO)c2)c1. The van der Waals surface area contributed by atoms with Crippen LogP contribution in [0.5, 0.6) is 0 Å². The first-order valence-electron chi connectivity index (χ1n) is 6.80. The molecule has 0 aliphatic carbocycles. The highest BCUT2D eigenvalue weighted by Crippen LogP contribution is 2.15. The lowest BCUT2D eigenvalue weighted by molar-refractivity contribution is -0.113. The summed E-state index contributed by atoms with van der Waals surface area (Å²) in [5.74, 6) is 1.21. The zero-order chi connectivity index (χ0) is 15.1. The number of thioether (sulfide) groups is 1. The number of hydrogen-bond acceptors (Lipinski definition) is 3. The van der Waals surface area contributed by atoms with Crippen LogP contribution in [0.2, 0.25) is 0 Å². The fourth-order valence-corrected chi connectivity index (χ4v) is 2.78. The van der Waals surface area contributed by atoms with Crippen LogP contribution in [0.15, 0.2) is 48.5 Å². The van der Waals surface area contributed by atoms with Crippen molar-refractivity contribution in [2.24, 2.45) is 0 Å². The predicted octanol–water partition coefficient (Wildman–Crippen LogP) is 3.36. The molecule has 3 nitrogen and oxygen atoms in total. The molecule has 2 N–H and O–H groups in total. The fourth-order valence-electron chi connectivity index (χ4n) is 2.01. The number of benzene rings is 2. The van der Waals surface area contributed by atoms with Gasteiger partial charge in [0.05, 0.1) is 12.4 Å². The molecule has 0 spiro atoms. The van der Waals surface area contributed by atoms with Crippen molar-refractivity contribution in [3.8, 4) is 0 Å². The lowest BCUT2D eigenvalue weighted by atomic mass is 10.2. The van der Waals surface area contributed by atoms with Crippen molar-refractivity contribution in [2.45, 2.75) is 19.3 Å². The first-order chi connectivity index (χ1) is 10.2. The molecular weight excluding hydrogens is 282 g/mol. The average Bonchev–Trinajstić information content (AvgIpc) is 2.47. The number of carbonyl (C=O) groups is 1. The van der Waals surface area contributed by atoms with Gasteiger partial charge in [-0.2, -0.15) is 0 Å². The molecule has 0 aliphatic rings. The van der Waals surface area contributed by atoms with Gasteiger partial charge in [-0.1, -0.05) is 42.0 Å². The highest BCUT2D eigenvalue weighted by molar-refractivity contribution is 7.99. The molecule has 0 saturated carbocycles. The third kappa shape index (κ3) is 5.25. The monoisotopic (exact) mass is 301 g/mol. The second kappa shape index (κ2) is 7.86. The lowest BCUT2D eigenvalue weighted by Gasteiger charge is -2.07. The van der Waals surface area contributed by atoms with E-state index in [9.17, 15) is 4.79 Å². The Morgan fingerprint density at radius 1 is 1.14 bits per heavy atom. The highest BCUT2D eigenvalue weighted by atomic mass is 32.2. The van der Waals surface area contributed by atoms with Crippen LogP contribution in [0.1, 0.15) is 16.7 Å². The van der Waals surface area contributed by atoms with E-state index in [1.165, 1.54) is 11.1 Å². The van der Waals surface area contributed by atoms with Gasteiger partial charge in [0.2, 0.25) is 5.91 Å². The lowest BCUT2D eigenvalue weighted by Crippen LogP contribution is -2.14. The van der Waals surface area contributed by atoms with Gasteiger partial charge in [0.25, 0.3) is 0 Å². The Morgan fingerprint density at radius 3 is 2.67 bits per heavy atom. The molecule has 0 unspecified atom stereocenters. The van der Waals surface area contributed by atoms with E-state index in [-0.39, 0.29) is 12.5 Å². The number of aliphatic hydroxyl groups is 1. The largest absolute Gasteiger partial charge is 0.392 e. The number of hydrogen-bond donors (Lipinski definition) is 2. The van der Waals surface area contributed by atoms with Crippen LogP contribution in [-0.2, 0) is 17.2 Å². The maximum atomic E-state index is 11.9. The summed E-state index contributed by atoms with van der Waals surface area (Å²) in [5.41, 5.74) is 3.98. The molecule has 0 saturated heterocycles. The van der Waals surface area contributed by atoms with Gasteiger partial charge in [-0.05, 0) is 30.2 Å². The third-order valence-corrected chi connectivity index (χ3v) is 3.98. The molecular formula is C17H19NO2S. The van der Waals surface area contributed by atoms with Crippen LogP contribution >= 0.6 is 11.8 Å². The van der Waals surface area contributed by atoms with E-state index >= 15 is 0 Å². The van der Waals surface area contributed by atoms with E-state index in [1.54, 1.807) is 17.8 Å². The fraction of sp³-hybridized carbons (Fsp3) is 0.235. The minimum atomic E-state index is -0.0252. The molecule has 2 rings (SSSR count). The van der Waals surface area contributed by atoms with E-state index in [2.05, 4.69) is 30.4 Å². The molecule has 110 valence electrons. The van der Waals surface area contributed by atoms with E-state index in [0.29, 0.717) is 5.75 Å². The molecule has 0 atom stereocenters. The zero-order valence-corrected chi connectivity index (χ0v) is 12.8. The topological polar surface area (TPSA) is 49.3 Å². The van der Waals surface area contributed by atoms with Crippen molar-refractivity contribution in [2.75, 3.05) is 11.1 Å². The first-order valence-corrected chi connectivity index (χ1v) is 7.96. The Balaban J connectivity index is 1.79. The highest BCUT2D eigenvalue weighted by Gasteiger charge is 2.04. The Labute approximate surface area is 129 Å². The molecule has 4 heteroatoms. The molecule has 0 bridgehead atoms. The number of aryl methyl sites for hydroxylation is 1. The molecule has 0 fully saturated rings. The third-order valence-electron chi connectivity index (χ3n) is 2.98. The molecule has 2 aromatic carbocycles. The Bertz CT molecular complexity index is 613. The van der Waals surface area contributed by atoms with Crippen LogP contribution in [0.3, 0.4) is 0 Å². The number of carbonyl (C=O) groups excluding carboxylic acids is 1. The Kier molecular flexibility index (Phi) is 5.84. The second-order valence-corrected chi connectivity index (χ2v) is 5.87. The zero-order valence-electron chi connectivity index (χ0n) is 12.0. The van der Waals surface area contributed by atoms with Gasteiger partial charge in [-0.25, -0.2) is 0 Å². The Morgan fingerprint density at radius 2 is 1.90 bits per heavy atom. The number of nitrogens with one attached hydrogen (secondary N) is 1. The number of aliphatic hydroxyl groups excluding tert-OH is 1. The van der Waals surface area contributed by atoms with E-state index < -0.39 is 0 Å². The number of rotatable bonds is 6. The van der Waals surface area contributed by atoms with Gasteiger partial charge in [0.1, 0.15) is 0 Å². The van der Waals surface area contributed by atoms with Gasteiger partial charge in [0, 0.05) is 11.4 Å². The number of amides is 1. The second-order valence-electron chi connectivity index (χ2n) is 4.89. The molecule has 2 aromatic rings. The summed E-state index contributed by atoms with van der Waals surface area (Å²) in [5, 5.41) is 11.9. The predicted molar refractivity (Wildman–Crippen MR) is 88.3 cm³/mol. The van der Waals surface area contributed by atoms with Gasteiger partial charge in [0.15, 0.2) is 0 Å². The number of anilines is 1. The molecule has 0 aromatic heterocycles. The van der Waals surface area contributed by atoms with Gasteiger partial charge >= 0.3 is 0 Å². The van der Waals surface area contributed by atoms with E-state index in [0.717, 1.165) is 17.0 Å². The van der Waals surface area contributed by atoms with Crippen molar-refractivity contribution in [3.63, 3.8) is 0 Å². The summed E-state index contributed by atoms with van der Waals surface area (Å²) in [7, 11) is 0. The molecule has 21 heavy (non-hydrogen) atoms. The molecule has 0 aliphatic heterocycles. The minimum absolute atomic E-state index is 0.0220. The van der Waals surface area contributed by atoms with Crippen LogP contribution in [-0.4, -0.2) is 16.8 Å². The van der Waals surface area contributed by atoms with Crippen molar-refractivity contribution < 1.29 is 9.90 Å².